The molecule has 5 rings (SSSR count). The molecule has 0 heterocycles. The molecule has 192 valence electrons. The molecule has 0 aliphatic heterocycles. The Morgan fingerprint density at radius 2 is 1.00 bits per heavy atom. The van der Waals surface area contributed by atoms with Crippen molar-refractivity contribution in [1.29, 1.82) is 0 Å². The van der Waals surface area contributed by atoms with Crippen molar-refractivity contribution >= 4 is 37.1 Å². The molecule has 38 heavy (non-hydrogen) atoms. The first-order valence-corrected chi connectivity index (χ1v) is 16.9. The highest BCUT2D eigenvalue weighted by molar-refractivity contribution is 7.74. The molecular weight excluding hydrogens is 494 g/mol. The van der Waals surface area contributed by atoms with E-state index in [0.717, 1.165) is 19.3 Å². The molecule has 0 spiro atoms. The van der Waals surface area contributed by atoms with Gasteiger partial charge in [-0.1, -0.05) is 145 Å². The normalized spacial score (nSPS) is 14.6. The second-order valence-corrected chi connectivity index (χ2v) is 14.6. The third-order valence-corrected chi connectivity index (χ3v) is 12.8. The lowest BCUT2D eigenvalue weighted by Gasteiger charge is -2.32. The molecule has 0 saturated heterocycles. The van der Waals surface area contributed by atoms with Gasteiger partial charge in [0.25, 0.3) is 0 Å². The van der Waals surface area contributed by atoms with E-state index in [0.29, 0.717) is 5.66 Å². The Morgan fingerprint density at radius 1 is 0.526 bits per heavy atom. The fourth-order valence-electron chi connectivity index (χ4n) is 5.49. The molecule has 0 saturated carbocycles. The van der Waals surface area contributed by atoms with E-state index in [1.807, 2.05) is 0 Å². The molecule has 4 aromatic rings. The molecular formula is C36H38P2. The van der Waals surface area contributed by atoms with E-state index >= 15 is 0 Å². The zero-order valence-electron chi connectivity index (χ0n) is 22.2. The Morgan fingerprint density at radius 3 is 1.53 bits per heavy atom. The van der Waals surface area contributed by atoms with Gasteiger partial charge < -0.3 is 0 Å². The SMILES string of the molecule is C1=CCCC(C(CCCP(c2ccccc2)c2ccccc2)P(c2ccccc2)c2ccccc2)=CCC1. The van der Waals surface area contributed by atoms with Crippen LogP contribution in [-0.2, 0) is 0 Å². The van der Waals surface area contributed by atoms with Gasteiger partial charge in [0.1, 0.15) is 0 Å². The van der Waals surface area contributed by atoms with Crippen molar-refractivity contribution in [1.82, 2.24) is 0 Å². The van der Waals surface area contributed by atoms with Crippen molar-refractivity contribution < 1.29 is 0 Å². The Labute approximate surface area is 232 Å². The first kappa shape index (κ1) is 26.8. The van der Waals surface area contributed by atoms with Gasteiger partial charge in [0.15, 0.2) is 0 Å². The molecule has 2 heteroatoms. The summed E-state index contributed by atoms with van der Waals surface area (Å²) in [6.07, 6.45) is 15.8. The van der Waals surface area contributed by atoms with Crippen molar-refractivity contribution in [3.63, 3.8) is 0 Å². The van der Waals surface area contributed by atoms with E-state index in [-0.39, 0.29) is 7.92 Å². The van der Waals surface area contributed by atoms with E-state index < -0.39 is 7.92 Å². The van der Waals surface area contributed by atoms with Gasteiger partial charge in [-0.25, -0.2) is 0 Å². The molecule has 0 radical (unpaired) electrons. The highest BCUT2D eigenvalue weighted by Crippen LogP contribution is 2.47. The van der Waals surface area contributed by atoms with Crippen molar-refractivity contribution in [3.05, 3.63) is 145 Å². The predicted octanol–water partition coefficient (Wildman–Crippen LogP) is 8.46. The number of allylic oxidation sites excluding steroid dienone is 4. The lowest BCUT2D eigenvalue weighted by atomic mass is 9.99. The van der Waals surface area contributed by atoms with Crippen LogP contribution in [0, 0.1) is 0 Å². The summed E-state index contributed by atoms with van der Waals surface area (Å²) in [5, 5.41) is 6.00. The fraction of sp³-hybridized carbons (Fsp3) is 0.222. The third-order valence-electron chi connectivity index (χ3n) is 7.31. The van der Waals surface area contributed by atoms with Crippen LogP contribution in [0.2, 0.25) is 0 Å². The molecule has 1 aliphatic rings. The Kier molecular flexibility index (Phi) is 10.2. The molecule has 0 N–H and O–H groups in total. The molecule has 0 bridgehead atoms. The van der Waals surface area contributed by atoms with Gasteiger partial charge in [0, 0.05) is 5.66 Å². The summed E-state index contributed by atoms with van der Waals surface area (Å²) in [5.41, 5.74) is 2.27. The van der Waals surface area contributed by atoms with Gasteiger partial charge in [0.2, 0.25) is 0 Å². The molecule has 4 aromatic carbocycles. The summed E-state index contributed by atoms with van der Waals surface area (Å²) in [5.74, 6) is 0. The van der Waals surface area contributed by atoms with E-state index in [9.17, 15) is 0 Å². The van der Waals surface area contributed by atoms with E-state index in [4.69, 9.17) is 0 Å². The summed E-state index contributed by atoms with van der Waals surface area (Å²) < 4.78 is 0. The standard InChI is InChI=1S/C36H38P2/c1-2-8-19-31(20-9-3-1)36(38(34-25-14-6-15-26-34)35-27-16-7-17-28-35)29-18-30-37(32-21-10-4-11-22-32)33-23-12-5-13-24-33/h1-2,4-7,10-17,20-28,36H,3,8-9,18-19,29-30H2. The van der Waals surface area contributed by atoms with Crippen LogP contribution in [0.4, 0.5) is 0 Å². The Hall–Kier alpha value is -2.78. The van der Waals surface area contributed by atoms with Crippen LogP contribution < -0.4 is 21.2 Å². The third kappa shape index (κ3) is 7.20. The molecule has 1 aliphatic carbocycles. The van der Waals surface area contributed by atoms with Crippen molar-refractivity contribution in [2.75, 3.05) is 6.16 Å². The van der Waals surface area contributed by atoms with Crippen LogP contribution in [0.15, 0.2) is 145 Å². The average molecular weight is 533 g/mol. The fourth-order valence-corrected chi connectivity index (χ4v) is 10.9. The molecule has 1 unspecified atom stereocenters. The number of hydrogen-bond acceptors (Lipinski definition) is 0. The van der Waals surface area contributed by atoms with Gasteiger partial charge in [0.05, 0.1) is 0 Å². The monoisotopic (exact) mass is 532 g/mol. The Balaban J connectivity index is 1.46. The summed E-state index contributed by atoms with van der Waals surface area (Å²) in [4.78, 5) is 0. The summed E-state index contributed by atoms with van der Waals surface area (Å²) in [7, 11) is -0.842. The maximum atomic E-state index is 2.60. The largest absolute Gasteiger partial charge is 0.0882 e. The van der Waals surface area contributed by atoms with Crippen LogP contribution in [-0.4, -0.2) is 11.8 Å². The van der Waals surface area contributed by atoms with Crippen LogP contribution in [0.1, 0.15) is 38.5 Å². The summed E-state index contributed by atoms with van der Waals surface area (Å²) in [6, 6.07) is 45.1. The summed E-state index contributed by atoms with van der Waals surface area (Å²) >= 11 is 0. The van der Waals surface area contributed by atoms with Gasteiger partial charge >= 0.3 is 0 Å². The smallest absolute Gasteiger partial charge is 0.00810 e. The van der Waals surface area contributed by atoms with Crippen LogP contribution in [0.25, 0.3) is 0 Å². The second kappa shape index (κ2) is 14.4. The highest BCUT2D eigenvalue weighted by Gasteiger charge is 2.28. The minimum Gasteiger partial charge on any atom is -0.0882 e. The van der Waals surface area contributed by atoms with Gasteiger partial charge in [-0.05, 0) is 81.7 Å². The zero-order valence-corrected chi connectivity index (χ0v) is 24.0. The van der Waals surface area contributed by atoms with Crippen LogP contribution in [0.3, 0.4) is 0 Å². The van der Waals surface area contributed by atoms with E-state index in [1.165, 1.54) is 46.6 Å². The van der Waals surface area contributed by atoms with E-state index in [2.05, 4.69) is 140 Å². The lowest BCUT2D eigenvalue weighted by Crippen LogP contribution is -2.24. The maximum absolute atomic E-state index is 2.60. The minimum atomic E-state index is -0.482. The quantitative estimate of drug-likeness (QED) is 0.142. The molecule has 1 atom stereocenters. The van der Waals surface area contributed by atoms with Gasteiger partial charge in [-0.2, -0.15) is 0 Å². The average Bonchev–Trinajstić information content (AvgIpc) is 2.97. The zero-order chi connectivity index (χ0) is 25.8. The number of rotatable bonds is 10. The highest BCUT2D eigenvalue weighted by atomic mass is 31.1. The first-order chi connectivity index (χ1) is 18.9. The van der Waals surface area contributed by atoms with Crippen molar-refractivity contribution in [3.8, 4) is 0 Å². The molecule has 0 aromatic heterocycles. The van der Waals surface area contributed by atoms with Crippen molar-refractivity contribution in [2.45, 2.75) is 44.2 Å². The second-order valence-electron chi connectivity index (χ2n) is 9.89. The first-order valence-electron chi connectivity index (χ1n) is 14.0. The Bertz CT molecular complexity index is 1200. The molecule has 0 fully saturated rings. The number of hydrogen-bond donors (Lipinski definition) is 0. The van der Waals surface area contributed by atoms with Gasteiger partial charge in [-0.3, -0.25) is 0 Å². The van der Waals surface area contributed by atoms with E-state index in [1.54, 1.807) is 5.57 Å². The van der Waals surface area contributed by atoms with Crippen molar-refractivity contribution in [2.24, 2.45) is 0 Å². The maximum Gasteiger partial charge on any atom is 0.00810 e. The van der Waals surface area contributed by atoms with Crippen LogP contribution in [0.5, 0.6) is 0 Å². The summed E-state index contributed by atoms with van der Waals surface area (Å²) in [6.45, 7) is 0. The molecule has 0 nitrogen and oxygen atoms in total. The van der Waals surface area contributed by atoms with Crippen LogP contribution >= 0.6 is 15.8 Å². The minimum absolute atomic E-state index is 0.360. The predicted molar refractivity (Wildman–Crippen MR) is 172 cm³/mol. The lowest BCUT2D eigenvalue weighted by molar-refractivity contribution is 0.756. The number of benzene rings is 4. The van der Waals surface area contributed by atoms with Gasteiger partial charge in [-0.15, -0.1) is 0 Å². The molecule has 0 amide bonds. The topological polar surface area (TPSA) is 0 Å².